The number of rotatable bonds is 0. The minimum absolute atomic E-state index is 0.108. The fourth-order valence-electron chi connectivity index (χ4n) is 4.37. The summed E-state index contributed by atoms with van der Waals surface area (Å²) in [5.74, 6) is -1.18. The summed E-state index contributed by atoms with van der Waals surface area (Å²) in [6.07, 6.45) is -0.0641. The van der Waals surface area contributed by atoms with Crippen molar-refractivity contribution in [2.45, 2.75) is 63.1 Å². The zero-order valence-corrected chi connectivity index (χ0v) is 12.2. The second-order valence-electron chi connectivity index (χ2n) is 7.11. The van der Waals surface area contributed by atoms with E-state index in [1.165, 1.54) is 0 Å². The monoisotopic (exact) mass is 296 g/mol. The van der Waals surface area contributed by atoms with Gasteiger partial charge in [0, 0.05) is 12.3 Å². The molecule has 1 saturated carbocycles. The van der Waals surface area contributed by atoms with Crippen molar-refractivity contribution in [1.29, 1.82) is 0 Å². The zero-order chi connectivity index (χ0) is 14.9. The number of epoxide rings is 1. The van der Waals surface area contributed by atoms with Gasteiger partial charge in [-0.2, -0.15) is 0 Å². The highest BCUT2D eigenvalue weighted by atomic mass is 16.6. The smallest absolute Gasteiger partial charge is 0.309 e. The molecule has 3 saturated heterocycles. The number of esters is 2. The summed E-state index contributed by atoms with van der Waals surface area (Å²) >= 11 is 0. The Morgan fingerprint density at radius 1 is 1.14 bits per heavy atom. The predicted octanol–water partition coefficient (Wildman–Crippen LogP) is 0.408. The summed E-state index contributed by atoms with van der Waals surface area (Å²) in [6, 6.07) is 0. The van der Waals surface area contributed by atoms with E-state index >= 15 is 0 Å². The van der Waals surface area contributed by atoms with Crippen molar-refractivity contribution >= 4 is 11.9 Å². The molecule has 1 aliphatic carbocycles. The van der Waals surface area contributed by atoms with Gasteiger partial charge in [0.1, 0.15) is 18.3 Å². The topological polar surface area (TPSA) is 85.4 Å². The third-order valence-electron chi connectivity index (χ3n) is 5.62. The first-order chi connectivity index (χ1) is 9.89. The molecule has 0 amide bonds. The van der Waals surface area contributed by atoms with E-state index in [2.05, 4.69) is 0 Å². The van der Waals surface area contributed by atoms with Crippen LogP contribution in [-0.2, 0) is 23.8 Å². The van der Waals surface area contributed by atoms with Crippen LogP contribution in [0.4, 0.5) is 0 Å². The molecule has 0 radical (unpaired) electrons. The van der Waals surface area contributed by atoms with E-state index in [0.717, 1.165) is 0 Å². The van der Waals surface area contributed by atoms with E-state index in [1.54, 1.807) is 0 Å². The summed E-state index contributed by atoms with van der Waals surface area (Å²) in [5.41, 5.74) is -0.466. The van der Waals surface area contributed by atoms with Crippen LogP contribution in [0.1, 0.15) is 33.1 Å². The lowest BCUT2D eigenvalue weighted by molar-refractivity contribution is -0.147. The Bertz CT molecular complexity index is 504. The molecule has 116 valence electrons. The molecule has 1 N–H and O–H groups in total. The quantitative estimate of drug-likeness (QED) is 0.515. The molecule has 6 nitrogen and oxygen atoms in total. The highest BCUT2D eigenvalue weighted by Crippen LogP contribution is 2.50. The molecule has 8 unspecified atom stereocenters. The van der Waals surface area contributed by atoms with Crippen molar-refractivity contribution in [1.82, 2.24) is 0 Å². The fraction of sp³-hybridized carbons (Fsp3) is 0.867. The van der Waals surface area contributed by atoms with Crippen LogP contribution in [0.15, 0.2) is 0 Å². The molecule has 4 rings (SSSR count). The Morgan fingerprint density at radius 3 is 2.62 bits per heavy atom. The molecule has 3 heterocycles. The summed E-state index contributed by atoms with van der Waals surface area (Å²) < 4.78 is 16.7. The van der Waals surface area contributed by atoms with Crippen molar-refractivity contribution < 1.29 is 28.9 Å². The lowest BCUT2D eigenvalue weighted by Crippen LogP contribution is -2.36. The minimum atomic E-state index is -0.669. The largest absolute Gasteiger partial charge is 0.462 e. The number of hydrogen-bond acceptors (Lipinski definition) is 6. The lowest BCUT2D eigenvalue weighted by Gasteiger charge is -2.26. The average molecular weight is 296 g/mol. The van der Waals surface area contributed by atoms with Crippen LogP contribution in [0.25, 0.3) is 0 Å². The Labute approximate surface area is 122 Å². The Hall–Kier alpha value is -1.14. The molecule has 4 fully saturated rings. The number of aliphatic hydroxyl groups excluding tert-OH is 1. The van der Waals surface area contributed by atoms with Gasteiger partial charge in [-0.1, -0.05) is 6.92 Å². The Kier molecular flexibility index (Phi) is 2.70. The van der Waals surface area contributed by atoms with Gasteiger partial charge < -0.3 is 19.3 Å². The average Bonchev–Trinajstić information content (AvgIpc) is 2.83. The standard InChI is InChI=1S/C15H20O6/c1-6-11-9-4-7(14(18)19-9)3-8(16)12-15(2,21-12)5-10(11)20-13(6)17/h6-12,16H,3-5H2,1-2H3. The molecular formula is C15H20O6. The lowest BCUT2D eigenvalue weighted by atomic mass is 9.78. The van der Waals surface area contributed by atoms with Crippen LogP contribution in [0.5, 0.6) is 0 Å². The maximum absolute atomic E-state index is 12.0. The molecule has 0 aromatic heterocycles. The van der Waals surface area contributed by atoms with Gasteiger partial charge in [0.15, 0.2) is 0 Å². The summed E-state index contributed by atoms with van der Waals surface area (Å²) in [5, 5.41) is 10.2. The fourth-order valence-corrected chi connectivity index (χ4v) is 4.37. The van der Waals surface area contributed by atoms with Gasteiger partial charge in [-0.3, -0.25) is 9.59 Å². The first kappa shape index (κ1) is 13.5. The van der Waals surface area contributed by atoms with E-state index in [9.17, 15) is 14.7 Å². The Morgan fingerprint density at radius 2 is 1.86 bits per heavy atom. The van der Waals surface area contributed by atoms with Gasteiger partial charge in [0.25, 0.3) is 0 Å². The van der Waals surface area contributed by atoms with Gasteiger partial charge in [-0.05, 0) is 19.8 Å². The molecule has 8 atom stereocenters. The van der Waals surface area contributed by atoms with Gasteiger partial charge in [-0.15, -0.1) is 0 Å². The van der Waals surface area contributed by atoms with Crippen LogP contribution in [0.2, 0.25) is 0 Å². The number of carbonyl (C=O) groups is 2. The first-order valence-corrected chi connectivity index (χ1v) is 7.66. The number of aliphatic hydroxyl groups is 1. The highest BCUT2D eigenvalue weighted by molar-refractivity contribution is 5.77. The maximum Gasteiger partial charge on any atom is 0.309 e. The second-order valence-corrected chi connectivity index (χ2v) is 7.11. The van der Waals surface area contributed by atoms with Crippen LogP contribution in [0.3, 0.4) is 0 Å². The molecule has 3 aliphatic heterocycles. The third kappa shape index (κ3) is 1.92. The predicted molar refractivity (Wildman–Crippen MR) is 69.0 cm³/mol. The first-order valence-electron chi connectivity index (χ1n) is 7.66. The normalized spacial score (nSPS) is 55.3. The third-order valence-corrected chi connectivity index (χ3v) is 5.62. The number of hydrogen-bond donors (Lipinski definition) is 1. The molecule has 4 aliphatic rings. The second kappa shape index (κ2) is 4.20. The SMILES string of the molecule is CC1C(=O)OC2CC3(C)OC3C(O)CC3CC(OC3=O)C21. The minimum Gasteiger partial charge on any atom is -0.462 e. The molecule has 6 heteroatoms. The van der Waals surface area contributed by atoms with Gasteiger partial charge in [0.05, 0.1) is 23.5 Å². The summed E-state index contributed by atoms with van der Waals surface area (Å²) in [4.78, 5) is 23.9. The van der Waals surface area contributed by atoms with Crippen molar-refractivity contribution in [2.75, 3.05) is 0 Å². The maximum atomic E-state index is 12.0. The molecule has 2 bridgehead atoms. The van der Waals surface area contributed by atoms with Gasteiger partial charge >= 0.3 is 11.9 Å². The van der Waals surface area contributed by atoms with E-state index in [-0.39, 0.29) is 48.0 Å². The van der Waals surface area contributed by atoms with Crippen molar-refractivity contribution in [3.63, 3.8) is 0 Å². The van der Waals surface area contributed by atoms with Gasteiger partial charge in [-0.25, -0.2) is 0 Å². The Balaban J connectivity index is 1.68. The number of carbonyl (C=O) groups excluding carboxylic acids is 2. The van der Waals surface area contributed by atoms with Crippen LogP contribution in [0, 0.1) is 17.8 Å². The van der Waals surface area contributed by atoms with Crippen molar-refractivity contribution in [3.8, 4) is 0 Å². The van der Waals surface area contributed by atoms with E-state index in [4.69, 9.17) is 14.2 Å². The van der Waals surface area contributed by atoms with E-state index in [0.29, 0.717) is 19.3 Å². The molecule has 21 heavy (non-hydrogen) atoms. The van der Waals surface area contributed by atoms with Crippen LogP contribution < -0.4 is 0 Å². The van der Waals surface area contributed by atoms with E-state index in [1.807, 2.05) is 13.8 Å². The zero-order valence-electron chi connectivity index (χ0n) is 12.2. The highest BCUT2D eigenvalue weighted by Gasteiger charge is 2.62. The number of fused-ring (bicyclic) bond motifs is 5. The summed E-state index contributed by atoms with van der Waals surface area (Å²) in [6.45, 7) is 3.77. The van der Waals surface area contributed by atoms with Crippen LogP contribution >= 0.6 is 0 Å². The number of ether oxygens (including phenoxy) is 3. The molecular weight excluding hydrogens is 276 g/mol. The van der Waals surface area contributed by atoms with E-state index < -0.39 is 11.7 Å². The van der Waals surface area contributed by atoms with Crippen molar-refractivity contribution in [2.24, 2.45) is 17.8 Å². The van der Waals surface area contributed by atoms with Crippen molar-refractivity contribution in [3.05, 3.63) is 0 Å². The molecule has 0 aromatic carbocycles. The summed E-state index contributed by atoms with van der Waals surface area (Å²) in [7, 11) is 0. The molecule has 0 aromatic rings. The van der Waals surface area contributed by atoms with Crippen LogP contribution in [-0.4, -0.2) is 47.1 Å². The molecule has 0 spiro atoms. The van der Waals surface area contributed by atoms with Gasteiger partial charge in [0.2, 0.25) is 0 Å².